The van der Waals surface area contributed by atoms with E-state index in [1.807, 2.05) is 36.4 Å². The molecule has 0 unspecified atom stereocenters. The van der Waals surface area contributed by atoms with Crippen molar-refractivity contribution >= 4 is 22.3 Å². The van der Waals surface area contributed by atoms with Gasteiger partial charge in [0.2, 0.25) is 0 Å². The summed E-state index contributed by atoms with van der Waals surface area (Å²) in [6, 6.07) is 14.9. The molecule has 2 aromatic heterocycles. The molecule has 0 radical (unpaired) electrons. The minimum absolute atomic E-state index is 0.0629. The van der Waals surface area contributed by atoms with E-state index in [9.17, 15) is 18.4 Å². The topological polar surface area (TPSA) is 59.6 Å². The number of hydrogen-bond acceptors (Lipinski definition) is 3. The van der Waals surface area contributed by atoms with E-state index in [2.05, 4.69) is 5.10 Å². The zero-order valence-corrected chi connectivity index (χ0v) is 16.9. The molecule has 31 heavy (non-hydrogen) atoms. The lowest BCUT2D eigenvalue weighted by Crippen LogP contribution is -2.42. The van der Waals surface area contributed by atoms with Crippen LogP contribution < -0.4 is 5.69 Å². The van der Waals surface area contributed by atoms with Crippen LogP contribution in [0.4, 0.5) is 8.78 Å². The maximum Gasteiger partial charge on any atom is 0.350 e. The Morgan fingerprint density at radius 3 is 2.61 bits per heavy atom. The van der Waals surface area contributed by atoms with Gasteiger partial charge in [0.25, 0.3) is 11.8 Å². The average molecular weight is 422 g/mol. The summed E-state index contributed by atoms with van der Waals surface area (Å²) >= 11 is 0. The Morgan fingerprint density at radius 1 is 1.06 bits per heavy atom. The summed E-state index contributed by atoms with van der Waals surface area (Å²) in [6.45, 7) is 0.126. The van der Waals surface area contributed by atoms with Crippen LogP contribution in [-0.4, -0.2) is 44.0 Å². The van der Waals surface area contributed by atoms with Crippen LogP contribution in [0.1, 0.15) is 23.2 Å². The van der Waals surface area contributed by atoms with Gasteiger partial charge in [0, 0.05) is 44.7 Å². The molecule has 8 heteroatoms. The number of amides is 1. The van der Waals surface area contributed by atoms with Gasteiger partial charge in [-0.1, -0.05) is 24.3 Å². The van der Waals surface area contributed by atoms with Crippen molar-refractivity contribution in [1.29, 1.82) is 0 Å². The first kappa shape index (κ1) is 19.4. The summed E-state index contributed by atoms with van der Waals surface area (Å²) in [6.07, 6.45) is 1.11. The Balaban J connectivity index is 1.51. The molecule has 0 atom stereocenters. The first-order chi connectivity index (χ1) is 14.8. The van der Waals surface area contributed by atoms with Crippen molar-refractivity contribution < 1.29 is 13.6 Å². The number of benzene rings is 2. The van der Waals surface area contributed by atoms with E-state index in [1.165, 1.54) is 14.0 Å². The fourth-order valence-corrected chi connectivity index (χ4v) is 4.13. The number of rotatable bonds is 2. The first-order valence-electron chi connectivity index (χ1n) is 10.1. The van der Waals surface area contributed by atoms with E-state index in [4.69, 9.17) is 0 Å². The van der Waals surface area contributed by atoms with Crippen LogP contribution in [0.15, 0.2) is 59.5 Å². The van der Waals surface area contributed by atoms with Crippen molar-refractivity contribution in [3.63, 3.8) is 0 Å². The van der Waals surface area contributed by atoms with Crippen LogP contribution in [0.5, 0.6) is 0 Å². The lowest BCUT2D eigenvalue weighted by Gasteiger charge is -2.31. The number of fused-ring (bicyclic) bond motifs is 2. The molecule has 1 aliphatic rings. The van der Waals surface area contributed by atoms with Crippen LogP contribution in [0.3, 0.4) is 0 Å². The van der Waals surface area contributed by atoms with Gasteiger partial charge in [0.1, 0.15) is 0 Å². The summed E-state index contributed by atoms with van der Waals surface area (Å²) in [5.41, 5.74) is 2.69. The number of alkyl halides is 2. The highest BCUT2D eigenvalue weighted by atomic mass is 19.3. The highest BCUT2D eigenvalue weighted by Gasteiger charge is 2.35. The number of aryl methyl sites for hydroxylation is 1. The quantitative estimate of drug-likeness (QED) is 0.495. The Hall–Kier alpha value is -3.55. The zero-order chi connectivity index (χ0) is 21.8. The standard InChI is InChI=1S/C23H20F2N4O2/c1-27-22(31)29-10-7-16(14-20(29)26-27)18-4-2-3-15-13-17(5-6-19(15)18)21(30)28-11-8-23(24,25)9-12-28/h2-7,10,13-14H,8-9,11-12H2,1H3. The Bertz CT molecular complexity index is 1380. The van der Waals surface area contributed by atoms with E-state index in [0.29, 0.717) is 11.2 Å². The Kier molecular flexibility index (Phi) is 4.39. The number of carbonyl (C=O) groups is 1. The van der Waals surface area contributed by atoms with Crippen molar-refractivity contribution in [1.82, 2.24) is 19.1 Å². The van der Waals surface area contributed by atoms with Crippen molar-refractivity contribution in [2.24, 2.45) is 7.05 Å². The van der Waals surface area contributed by atoms with E-state index in [0.717, 1.165) is 21.9 Å². The number of likely N-dealkylation sites (tertiary alicyclic amines) is 1. The average Bonchev–Trinajstić information content (AvgIpc) is 3.05. The smallest absolute Gasteiger partial charge is 0.338 e. The highest BCUT2D eigenvalue weighted by Crippen LogP contribution is 2.31. The second-order valence-electron chi connectivity index (χ2n) is 7.94. The number of nitrogens with zero attached hydrogens (tertiary/aromatic N) is 4. The molecule has 158 valence electrons. The molecule has 1 fully saturated rings. The van der Waals surface area contributed by atoms with Crippen molar-refractivity contribution in [2.45, 2.75) is 18.8 Å². The van der Waals surface area contributed by atoms with Crippen LogP contribution in [0.2, 0.25) is 0 Å². The molecule has 2 aromatic carbocycles. The molecule has 1 saturated heterocycles. The van der Waals surface area contributed by atoms with Crippen LogP contribution in [0, 0.1) is 0 Å². The lowest BCUT2D eigenvalue weighted by atomic mass is 9.97. The fourth-order valence-electron chi connectivity index (χ4n) is 4.13. The molecule has 0 saturated carbocycles. The van der Waals surface area contributed by atoms with Gasteiger partial charge in [-0.25, -0.2) is 18.3 Å². The third kappa shape index (κ3) is 3.37. The number of hydrogen-bond donors (Lipinski definition) is 0. The van der Waals surface area contributed by atoms with Crippen LogP contribution >= 0.6 is 0 Å². The van der Waals surface area contributed by atoms with Gasteiger partial charge in [-0.15, -0.1) is 0 Å². The van der Waals surface area contributed by atoms with Crippen molar-refractivity contribution in [2.75, 3.05) is 13.1 Å². The van der Waals surface area contributed by atoms with Crippen LogP contribution in [0.25, 0.3) is 27.5 Å². The predicted molar refractivity (Wildman–Crippen MR) is 113 cm³/mol. The molecule has 0 bridgehead atoms. The molecule has 4 aromatic rings. The van der Waals surface area contributed by atoms with Gasteiger partial charge in [-0.3, -0.25) is 9.20 Å². The van der Waals surface area contributed by atoms with Gasteiger partial charge in [-0.2, -0.15) is 5.10 Å². The highest BCUT2D eigenvalue weighted by molar-refractivity contribution is 6.02. The number of pyridine rings is 1. The van der Waals surface area contributed by atoms with E-state index in [1.54, 1.807) is 25.4 Å². The Labute approximate surface area is 176 Å². The summed E-state index contributed by atoms with van der Waals surface area (Å²) in [5, 5.41) is 6.07. The van der Waals surface area contributed by atoms with Gasteiger partial charge < -0.3 is 4.90 Å². The summed E-state index contributed by atoms with van der Waals surface area (Å²) in [4.78, 5) is 26.4. The molecule has 3 heterocycles. The first-order valence-corrected chi connectivity index (χ1v) is 10.1. The summed E-state index contributed by atoms with van der Waals surface area (Å²) in [7, 11) is 1.61. The molecule has 0 aliphatic carbocycles. The number of aromatic nitrogens is 3. The van der Waals surface area contributed by atoms with Crippen molar-refractivity contribution in [3.05, 3.63) is 70.8 Å². The SMILES string of the molecule is Cn1nc2cc(-c3cccc4cc(C(=O)N5CCC(F)(F)CC5)ccc34)ccn2c1=O. The molecule has 6 nitrogen and oxygen atoms in total. The summed E-state index contributed by atoms with van der Waals surface area (Å²) < 4.78 is 29.6. The van der Waals surface area contributed by atoms with E-state index >= 15 is 0 Å². The third-order valence-corrected chi connectivity index (χ3v) is 5.89. The molecule has 0 N–H and O–H groups in total. The summed E-state index contributed by atoms with van der Waals surface area (Å²) in [5.74, 6) is -2.91. The van der Waals surface area contributed by atoms with Gasteiger partial charge in [-0.05, 0) is 46.2 Å². The van der Waals surface area contributed by atoms with Gasteiger partial charge in [0.05, 0.1) is 0 Å². The molecular formula is C23H20F2N4O2. The maximum absolute atomic E-state index is 13.4. The largest absolute Gasteiger partial charge is 0.350 e. The van der Waals surface area contributed by atoms with Gasteiger partial charge >= 0.3 is 5.69 Å². The minimum Gasteiger partial charge on any atom is -0.338 e. The fraction of sp³-hybridized carbons (Fsp3) is 0.261. The Morgan fingerprint density at radius 2 is 1.84 bits per heavy atom. The zero-order valence-electron chi connectivity index (χ0n) is 16.9. The maximum atomic E-state index is 13.4. The van der Waals surface area contributed by atoms with Crippen molar-refractivity contribution in [3.8, 4) is 11.1 Å². The lowest BCUT2D eigenvalue weighted by molar-refractivity contribution is -0.0494. The molecule has 1 amide bonds. The molecule has 5 rings (SSSR count). The number of halogens is 2. The number of piperidine rings is 1. The normalized spacial score (nSPS) is 16.2. The van der Waals surface area contributed by atoms with Gasteiger partial charge in [0.15, 0.2) is 5.65 Å². The monoisotopic (exact) mass is 422 g/mol. The number of carbonyl (C=O) groups excluding carboxylic acids is 1. The molecule has 0 spiro atoms. The van der Waals surface area contributed by atoms with Crippen LogP contribution in [-0.2, 0) is 7.05 Å². The third-order valence-electron chi connectivity index (χ3n) is 5.89. The minimum atomic E-state index is -2.69. The molecular weight excluding hydrogens is 402 g/mol. The molecule has 1 aliphatic heterocycles. The second kappa shape index (κ2) is 7.01. The predicted octanol–water partition coefficient (Wildman–Crippen LogP) is 3.72. The second-order valence-corrected chi connectivity index (χ2v) is 7.94. The van der Waals surface area contributed by atoms with E-state index < -0.39 is 5.92 Å². The van der Waals surface area contributed by atoms with E-state index in [-0.39, 0.29) is 37.5 Å².